The molecule has 0 aliphatic carbocycles. The molecule has 0 bridgehead atoms. The van der Waals surface area contributed by atoms with Crippen molar-refractivity contribution in [3.8, 4) is 0 Å². The van der Waals surface area contributed by atoms with E-state index >= 15 is 0 Å². The van der Waals surface area contributed by atoms with Gasteiger partial charge in [0, 0.05) is 19.0 Å². The van der Waals surface area contributed by atoms with E-state index in [2.05, 4.69) is 31.2 Å². The molecule has 37 heavy (non-hydrogen) atoms. The molecule has 190 valence electrons. The Morgan fingerprint density at radius 3 is 2.43 bits per heavy atom. The van der Waals surface area contributed by atoms with E-state index < -0.39 is 42.0 Å². The first-order valence-electron chi connectivity index (χ1n) is 11.8. The summed E-state index contributed by atoms with van der Waals surface area (Å²) in [6.45, 7) is 0.139. The van der Waals surface area contributed by atoms with Gasteiger partial charge in [0.2, 0.25) is 17.6 Å². The molecular weight excluding hydrogens is 476 g/mol. The molecule has 11 heteroatoms. The van der Waals surface area contributed by atoms with Gasteiger partial charge in [-0.1, -0.05) is 42.5 Å². The quantitative estimate of drug-likeness (QED) is 0.289. The van der Waals surface area contributed by atoms with Gasteiger partial charge in [-0.25, -0.2) is 4.98 Å². The minimum absolute atomic E-state index is 0.0285. The number of rotatable bonds is 10. The fraction of sp³-hybridized carbons (Fsp3) is 0.269. The summed E-state index contributed by atoms with van der Waals surface area (Å²) in [4.78, 5) is 71.0. The predicted molar refractivity (Wildman–Crippen MR) is 133 cm³/mol. The Kier molecular flexibility index (Phi) is 8.14. The second-order valence-electron chi connectivity index (χ2n) is 8.59. The Bertz CT molecular complexity index is 1330. The lowest BCUT2D eigenvalue weighted by molar-refractivity contribution is -0.140. The molecule has 0 spiro atoms. The first-order chi connectivity index (χ1) is 17.9. The topological polar surface area (TPSA) is 159 Å². The van der Waals surface area contributed by atoms with Gasteiger partial charge in [-0.15, -0.1) is 0 Å². The summed E-state index contributed by atoms with van der Waals surface area (Å²) in [6.07, 6.45) is 1.76. The number of Topliss-reactive ketones (excluding diaryl/α,β-unsaturated/α-hetero) is 1. The van der Waals surface area contributed by atoms with Gasteiger partial charge in [-0.3, -0.25) is 29.0 Å². The molecule has 1 aliphatic rings. The predicted octanol–water partition coefficient (Wildman–Crippen LogP) is 0.256. The van der Waals surface area contributed by atoms with Crippen LogP contribution in [0.4, 0.5) is 0 Å². The van der Waals surface area contributed by atoms with Crippen molar-refractivity contribution in [2.45, 2.75) is 25.4 Å². The normalized spacial score (nSPS) is 15.5. The zero-order valence-corrected chi connectivity index (χ0v) is 19.9. The van der Waals surface area contributed by atoms with Crippen molar-refractivity contribution in [2.75, 3.05) is 13.1 Å². The highest BCUT2D eigenvalue weighted by Crippen LogP contribution is 2.17. The highest BCUT2D eigenvalue weighted by Gasteiger charge is 2.34. The van der Waals surface area contributed by atoms with Crippen molar-refractivity contribution in [1.29, 1.82) is 0 Å². The van der Waals surface area contributed by atoms with Crippen molar-refractivity contribution in [3.63, 3.8) is 0 Å². The summed E-state index contributed by atoms with van der Waals surface area (Å²) >= 11 is 0. The zero-order chi connectivity index (χ0) is 26.2. The minimum atomic E-state index is -1.23. The SMILES string of the molecule is O=C(CNC(=O)c1cnc2ccccc2n1)NC(CC1CCNC1=O)C(=O)C(=O)NCc1ccccc1. The van der Waals surface area contributed by atoms with Gasteiger partial charge in [0.1, 0.15) is 5.69 Å². The van der Waals surface area contributed by atoms with Crippen molar-refractivity contribution in [2.24, 2.45) is 5.92 Å². The van der Waals surface area contributed by atoms with Crippen LogP contribution < -0.4 is 21.3 Å². The number of aromatic nitrogens is 2. The molecule has 0 saturated carbocycles. The third-order valence-electron chi connectivity index (χ3n) is 5.95. The van der Waals surface area contributed by atoms with Crippen LogP contribution in [0.3, 0.4) is 0 Å². The average molecular weight is 503 g/mol. The van der Waals surface area contributed by atoms with Crippen LogP contribution >= 0.6 is 0 Å². The Hall–Kier alpha value is -4.67. The second-order valence-corrected chi connectivity index (χ2v) is 8.59. The van der Waals surface area contributed by atoms with Crippen LogP contribution in [0.1, 0.15) is 28.9 Å². The molecule has 1 fully saturated rings. The summed E-state index contributed by atoms with van der Waals surface area (Å²) < 4.78 is 0. The number of ketones is 1. The maximum absolute atomic E-state index is 12.9. The summed E-state index contributed by atoms with van der Waals surface area (Å²) in [7, 11) is 0. The van der Waals surface area contributed by atoms with E-state index in [9.17, 15) is 24.0 Å². The maximum Gasteiger partial charge on any atom is 0.289 e. The molecule has 1 saturated heterocycles. The van der Waals surface area contributed by atoms with Crippen LogP contribution in [0.5, 0.6) is 0 Å². The molecule has 3 aromatic rings. The number of nitrogens with zero attached hydrogens (tertiary/aromatic N) is 2. The van der Waals surface area contributed by atoms with Gasteiger partial charge in [0.25, 0.3) is 11.8 Å². The number of hydrogen-bond acceptors (Lipinski definition) is 7. The number of nitrogens with one attached hydrogen (secondary N) is 4. The van der Waals surface area contributed by atoms with E-state index in [-0.39, 0.29) is 24.6 Å². The molecule has 4 rings (SSSR count). The lowest BCUT2D eigenvalue weighted by Gasteiger charge is -2.20. The van der Waals surface area contributed by atoms with E-state index in [1.54, 1.807) is 36.4 Å². The molecule has 2 heterocycles. The Morgan fingerprint density at radius 1 is 0.973 bits per heavy atom. The number of amides is 4. The minimum Gasteiger partial charge on any atom is -0.356 e. The van der Waals surface area contributed by atoms with Crippen molar-refractivity contribution in [3.05, 3.63) is 72.1 Å². The average Bonchev–Trinajstić information content (AvgIpc) is 3.33. The van der Waals surface area contributed by atoms with Gasteiger partial charge in [-0.2, -0.15) is 0 Å². The van der Waals surface area contributed by atoms with Gasteiger partial charge >= 0.3 is 0 Å². The summed E-state index contributed by atoms with van der Waals surface area (Å²) in [5, 5.41) is 10.2. The number of benzene rings is 2. The van der Waals surface area contributed by atoms with Crippen LogP contribution in [-0.2, 0) is 25.7 Å². The first kappa shape index (κ1) is 25.4. The molecule has 4 amide bonds. The standard InChI is InChI=1S/C26H26N6O5/c33-22(15-30-25(36)21-14-28-18-8-4-5-9-19(18)31-21)32-20(12-17-10-11-27-24(17)35)23(34)26(37)29-13-16-6-2-1-3-7-16/h1-9,14,17,20H,10-13,15H2,(H,27,35)(H,29,37)(H,30,36)(H,32,33). The Balaban J connectivity index is 1.36. The summed E-state index contributed by atoms with van der Waals surface area (Å²) in [5.41, 5.74) is 1.99. The fourth-order valence-electron chi connectivity index (χ4n) is 3.97. The molecule has 0 radical (unpaired) electrons. The molecule has 4 N–H and O–H groups in total. The maximum atomic E-state index is 12.9. The molecule has 1 aliphatic heterocycles. The lowest BCUT2D eigenvalue weighted by atomic mass is 9.95. The van der Waals surface area contributed by atoms with Gasteiger partial charge in [-0.05, 0) is 30.5 Å². The van der Waals surface area contributed by atoms with Gasteiger partial charge < -0.3 is 21.3 Å². The molecule has 2 aromatic carbocycles. The molecule has 2 unspecified atom stereocenters. The van der Waals surface area contributed by atoms with E-state index in [4.69, 9.17) is 0 Å². The number of hydrogen-bond donors (Lipinski definition) is 4. The fourth-order valence-corrected chi connectivity index (χ4v) is 3.97. The van der Waals surface area contributed by atoms with Crippen molar-refractivity contribution < 1.29 is 24.0 Å². The van der Waals surface area contributed by atoms with Crippen molar-refractivity contribution >= 4 is 40.4 Å². The third kappa shape index (κ3) is 6.72. The molecule has 1 aromatic heterocycles. The highest BCUT2D eigenvalue weighted by atomic mass is 16.2. The van der Waals surface area contributed by atoms with Crippen LogP contribution in [0, 0.1) is 5.92 Å². The first-order valence-corrected chi connectivity index (χ1v) is 11.8. The Labute approximate surface area is 212 Å². The lowest BCUT2D eigenvalue weighted by Crippen LogP contribution is -2.51. The van der Waals surface area contributed by atoms with Gasteiger partial charge in [0.15, 0.2) is 0 Å². The van der Waals surface area contributed by atoms with Crippen LogP contribution in [0.15, 0.2) is 60.8 Å². The van der Waals surface area contributed by atoms with Crippen LogP contribution in [0.2, 0.25) is 0 Å². The second kappa shape index (κ2) is 11.8. The van der Waals surface area contributed by atoms with E-state index in [0.29, 0.717) is 24.0 Å². The largest absolute Gasteiger partial charge is 0.356 e. The summed E-state index contributed by atoms with van der Waals surface area (Å²) in [6, 6.07) is 14.9. The van der Waals surface area contributed by atoms with Crippen LogP contribution in [-0.4, -0.2) is 58.5 Å². The van der Waals surface area contributed by atoms with Gasteiger partial charge in [0.05, 0.1) is 29.8 Å². The zero-order valence-electron chi connectivity index (χ0n) is 19.9. The monoisotopic (exact) mass is 502 g/mol. The molecule has 11 nitrogen and oxygen atoms in total. The highest BCUT2D eigenvalue weighted by molar-refractivity contribution is 6.38. The van der Waals surface area contributed by atoms with E-state index in [1.807, 2.05) is 18.2 Å². The Morgan fingerprint density at radius 2 is 1.70 bits per heavy atom. The van der Waals surface area contributed by atoms with E-state index in [0.717, 1.165) is 5.56 Å². The van der Waals surface area contributed by atoms with Crippen LogP contribution in [0.25, 0.3) is 11.0 Å². The molecular formula is C26H26N6O5. The number of carbonyl (C=O) groups is 5. The summed E-state index contributed by atoms with van der Waals surface area (Å²) in [5.74, 6) is -3.79. The number of fused-ring (bicyclic) bond motifs is 1. The number of carbonyl (C=O) groups excluding carboxylic acids is 5. The van der Waals surface area contributed by atoms with Crippen molar-refractivity contribution in [1.82, 2.24) is 31.2 Å². The third-order valence-corrected chi connectivity index (χ3v) is 5.95. The molecule has 2 atom stereocenters. The number of para-hydroxylation sites is 2. The smallest absolute Gasteiger partial charge is 0.289 e. The van der Waals surface area contributed by atoms with E-state index in [1.165, 1.54) is 6.20 Å².